The number of Topliss-reactive ketones (excluding diaryl/α,β-unsaturated/α-hetero) is 1. The van der Waals surface area contributed by atoms with E-state index >= 15 is 0 Å². The van der Waals surface area contributed by atoms with Gasteiger partial charge in [-0.3, -0.25) is 4.79 Å². The normalized spacial score (nSPS) is 10.5. The van der Waals surface area contributed by atoms with Crippen LogP contribution >= 0.6 is 11.6 Å². The van der Waals surface area contributed by atoms with Crippen molar-refractivity contribution in [3.8, 4) is 0 Å². The van der Waals surface area contributed by atoms with Gasteiger partial charge in [-0.15, -0.1) is 0 Å². The summed E-state index contributed by atoms with van der Waals surface area (Å²) in [5.74, 6) is -1.30. The highest BCUT2D eigenvalue weighted by Crippen LogP contribution is 2.18. The summed E-state index contributed by atoms with van der Waals surface area (Å²) in [4.78, 5) is 12.0. The average Bonchev–Trinajstić information content (AvgIpc) is 2.37. The molecule has 19 heavy (non-hydrogen) atoms. The van der Waals surface area contributed by atoms with Gasteiger partial charge >= 0.3 is 0 Å². The van der Waals surface area contributed by atoms with Gasteiger partial charge in [-0.1, -0.05) is 17.7 Å². The van der Waals surface area contributed by atoms with Crippen molar-refractivity contribution in [2.45, 2.75) is 13.3 Å². The Morgan fingerprint density at radius 3 is 2.58 bits per heavy atom. The number of aryl methyl sites for hydroxylation is 1. The Bertz CT molecular complexity index is 638. The summed E-state index contributed by atoms with van der Waals surface area (Å²) in [6, 6.07) is 8.16. The summed E-state index contributed by atoms with van der Waals surface area (Å²) in [5.41, 5.74) is 1.65. The maximum atomic E-state index is 13.3. The first-order valence-corrected chi connectivity index (χ1v) is 6.08. The summed E-state index contributed by atoms with van der Waals surface area (Å²) in [7, 11) is 0. The third-order valence-corrected chi connectivity index (χ3v) is 3.21. The summed E-state index contributed by atoms with van der Waals surface area (Å²) in [6.07, 6.45) is 0.0324. The SMILES string of the molecule is Cc1ccc(F)cc1CC(=O)c1ccc(Cl)c(F)c1. The van der Waals surface area contributed by atoms with Gasteiger partial charge in [0.25, 0.3) is 0 Å². The van der Waals surface area contributed by atoms with Crippen molar-refractivity contribution in [2.24, 2.45) is 0 Å². The Hall–Kier alpha value is -1.74. The number of carbonyl (C=O) groups is 1. The van der Waals surface area contributed by atoms with E-state index in [4.69, 9.17) is 11.6 Å². The predicted molar refractivity (Wildman–Crippen MR) is 70.6 cm³/mol. The van der Waals surface area contributed by atoms with Crippen LogP contribution in [0.2, 0.25) is 5.02 Å². The molecular weight excluding hydrogens is 270 g/mol. The zero-order chi connectivity index (χ0) is 14.0. The van der Waals surface area contributed by atoms with Crippen molar-refractivity contribution in [1.29, 1.82) is 0 Å². The van der Waals surface area contributed by atoms with Gasteiger partial charge in [-0.2, -0.15) is 0 Å². The van der Waals surface area contributed by atoms with Crippen LogP contribution in [0.15, 0.2) is 36.4 Å². The standard InChI is InChI=1S/C15H11ClF2O/c1-9-2-4-12(17)6-11(9)8-15(19)10-3-5-13(16)14(18)7-10/h2-7H,8H2,1H3. The Kier molecular flexibility index (Phi) is 3.96. The van der Waals surface area contributed by atoms with Crippen molar-refractivity contribution >= 4 is 17.4 Å². The molecule has 1 nitrogen and oxygen atoms in total. The molecule has 0 N–H and O–H groups in total. The van der Waals surface area contributed by atoms with Crippen LogP contribution in [-0.4, -0.2) is 5.78 Å². The quantitative estimate of drug-likeness (QED) is 0.764. The first kappa shape index (κ1) is 13.7. The van der Waals surface area contributed by atoms with Gasteiger partial charge in [0.1, 0.15) is 11.6 Å². The molecule has 0 aromatic heterocycles. The molecule has 0 radical (unpaired) electrons. The lowest BCUT2D eigenvalue weighted by molar-refractivity contribution is 0.0992. The van der Waals surface area contributed by atoms with Crippen LogP contribution in [-0.2, 0) is 6.42 Å². The van der Waals surface area contributed by atoms with Crippen LogP contribution in [0.5, 0.6) is 0 Å². The molecule has 98 valence electrons. The lowest BCUT2D eigenvalue weighted by Gasteiger charge is -2.06. The maximum Gasteiger partial charge on any atom is 0.167 e. The second-order valence-electron chi connectivity index (χ2n) is 4.30. The molecule has 0 aliphatic rings. The van der Waals surface area contributed by atoms with Gasteiger partial charge in [-0.05, 0) is 48.4 Å². The van der Waals surface area contributed by atoms with Crippen LogP contribution in [0.4, 0.5) is 8.78 Å². The lowest BCUT2D eigenvalue weighted by Crippen LogP contribution is -2.05. The van der Waals surface area contributed by atoms with Gasteiger partial charge < -0.3 is 0 Å². The van der Waals surface area contributed by atoms with Crippen molar-refractivity contribution in [2.75, 3.05) is 0 Å². The molecule has 0 spiro atoms. The van der Waals surface area contributed by atoms with E-state index in [2.05, 4.69) is 0 Å². The first-order valence-electron chi connectivity index (χ1n) is 5.70. The predicted octanol–water partition coefficient (Wildman–Crippen LogP) is 4.35. The van der Waals surface area contributed by atoms with Gasteiger partial charge in [0, 0.05) is 12.0 Å². The second kappa shape index (κ2) is 5.49. The number of carbonyl (C=O) groups excluding carboxylic acids is 1. The molecule has 0 unspecified atom stereocenters. The third-order valence-electron chi connectivity index (χ3n) is 2.90. The molecule has 0 heterocycles. The van der Waals surface area contributed by atoms with Crippen LogP contribution in [0.1, 0.15) is 21.5 Å². The number of hydrogen-bond acceptors (Lipinski definition) is 1. The Balaban J connectivity index is 2.25. The molecule has 0 aliphatic carbocycles. The van der Waals surface area contributed by atoms with E-state index in [0.717, 1.165) is 11.6 Å². The Morgan fingerprint density at radius 2 is 1.89 bits per heavy atom. The highest BCUT2D eigenvalue weighted by Gasteiger charge is 2.11. The largest absolute Gasteiger partial charge is 0.294 e. The molecule has 0 bridgehead atoms. The monoisotopic (exact) mass is 280 g/mol. The van der Waals surface area contributed by atoms with Crippen LogP contribution in [0, 0.1) is 18.6 Å². The molecule has 0 amide bonds. The van der Waals surface area contributed by atoms with Gasteiger partial charge in [0.15, 0.2) is 5.78 Å². The van der Waals surface area contributed by atoms with Gasteiger partial charge in [-0.25, -0.2) is 8.78 Å². The molecule has 4 heteroatoms. The number of hydrogen-bond donors (Lipinski definition) is 0. The molecule has 2 aromatic carbocycles. The minimum atomic E-state index is -0.636. The smallest absolute Gasteiger partial charge is 0.167 e. The summed E-state index contributed by atoms with van der Waals surface area (Å²) < 4.78 is 26.4. The minimum absolute atomic E-state index is 0.0292. The fraction of sp³-hybridized carbons (Fsp3) is 0.133. The van der Waals surface area contributed by atoms with Crippen LogP contribution in [0.3, 0.4) is 0 Å². The van der Waals surface area contributed by atoms with E-state index in [9.17, 15) is 13.6 Å². The molecule has 0 saturated carbocycles. The molecule has 0 aliphatic heterocycles. The van der Waals surface area contributed by atoms with E-state index in [1.54, 1.807) is 13.0 Å². The van der Waals surface area contributed by atoms with Crippen molar-refractivity contribution in [3.63, 3.8) is 0 Å². The van der Waals surface area contributed by atoms with E-state index in [1.165, 1.54) is 24.3 Å². The maximum absolute atomic E-state index is 13.3. The zero-order valence-electron chi connectivity index (χ0n) is 10.2. The molecule has 2 rings (SSSR count). The summed E-state index contributed by atoms with van der Waals surface area (Å²) >= 11 is 5.56. The summed E-state index contributed by atoms with van der Waals surface area (Å²) in [5, 5.41) is -0.0292. The molecule has 0 atom stereocenters. The minimum Gasteiger partial charge on any atom is -0.294 e. The molecule has 2 aromatic rings. The highest BCUT2D eigenvalue weighted by molar-refractivity contribution is 6.30. The van der Waals surface area contributed by atoms with Gasteiger partial charge in [0.05, 0.1) is 5.02 Å². The van der Waals surface area contributed by atoms with Crippen LogP contribution in [0.25, 0.3) is 0 Å². The number of ketones is 1. The Morgan fingerprint density at radius 1 is 1.16 bits per heavy atom. The lowest BCUT2D eigenvalue weighted by atomic mass is 9.99. The number of rotatable bonds is 3. The van der Waals surface area contributed by atoms with Crippen molar-refractivity contribution in [1.82, 2.24) is 0 Å². The number of benzene rings is 2. The van der Waals surface area contributed by atoms with Crippen molar-refractivity contribution in [3.05, 3.63) is 69.7 Å². The molecular formula is C15H11ClF2O. The van der Waals surface area contributed by atoms with Crippen LogP contribution < -0.4 is 0 Å². The topological polar surface area (TPSA) is 17.1 Å². The number of halogens is 3. The highest BCUT2D eigenvalue weighted by atomic mass is 35.5. The molecule has 0 fully saturated rings. The fourth-order valence-electron chi connectivity index (χ4n) is 1.78. The second-order valence-corrected chi connectivity index (χ2v) is 4.71. The average molecular weight is 281 g/mol. The van der Waals surface area contributed by atoms with E-state index in [-0.39, 0.29) is 22.8 Å². The molecule has 0 saturated heterocycles. The summed E-state index contributed by atoms with van der Waals surface area (Å²) in [6.45, 7) is 1.80. The van der Waals surface area contributed by atoms with Crippen molar-refractivity contribution < 1.29 is 13.6 Å². The van der Waals surface area contributed by atoms with E-state index in [1.807, 2.05) is 0 Å². The zero-order valence-corrected chi connectivity index (χ0v) is 11.0. The third kappa shape index (κ3) is 3.18. The van der Waals surface area contributed by atoms with Gasteiger partial charge in [0.2, 0.25) is 0 Å². The van der Waals surface area contributed by atoms with E-state index < -0.39 is 11.6 Å². The fourth-order valence-corrected chi connectivity index (χ4v) is 1.89. The van der Waals surface area contributed by atoms with E-state index in [0.29, 0.717) is 5.56 Å². The Labute approximate surface area is 114 Å². The first-order chi connectivity index (χ1) is 8.97.